The molecule has 2 amide bonds. The van der Waals surface area contributed by atoms with Crippen molar-refractivity contribution in [3.05, 3.63) is 0 Å². The molecule has 10 heteroatoms. The van der Waals surface area contributed by atoms with E-state index < -0.39 is 6.10 Å². The number of ether oxygens (including phenoxy) is 5. The zero-order chi connectivity index (χ0) is 18.2. The summed E-state index contributed by atoms with van der Waals surface area (Å²) in [5, 5.41) is 14.5. The molecule has 0 aromatic heterocycles. The molecule has 0 aliphatic carbocycles. The number of hydrogen-bond donors (Lipinski definition) is 3. The molecule has 0 saturated carbocycles. The SMILES string of the molecule is O=C1COCC(CO)OCC(=O)NCCOCCOCCOCCN1. The van der Waals surface area contributed by atoms with Crippen molar-refractivity contribution in [2.24, 2.45) is 0 Å². The normalized spacial score (nSPS) is 24.6. The van der Waals surface area contributed by atoms with Crippen LogP contribution in [0.25, 0.3) is 0 Å². The molecule has 1 aliphatic rings. The van der Waals surface area contributed by atoms with Gasteiger partial charge in [0, 0.05) is 13.1 Å². The molecule has 0 aromatic rings. The predicted molar refractivity (Wildman–Crippen MR) is 86.1 cm³/mol. The smallest absolute Gasteiger partial charge is 0.246 e. The van der Waals surface area contributed by atoms with Gasteiger partial charge in [-0.3, -0.25) is 9.59 Å². The van der Waals surface area contributed by atoms with E-state index in [4.69, 9.17) is 23.7 Å². The van der Waals surface area contributed by atoms with Gasteiger partial charge in [0.2, 0.25) is 11.8 Å². The van der Waals surface area contributed by atoms with Crippen molar-refractivity contribution < 1.29 is 38.4 Å². The summed E-state index contributed by atoms with van der Waals surface area (Å²) in [5.74, 6) is -0.614. The van der Waals surface area contributed by atoms with Gasteiger partial charge >= 0.3 is 0 Å². The van der Waals surface area contributed by atoms with E-state index >= 15 is 0 Å². The zero-order valence-corrected chi connectivity index (χ0v) is 14.4. The minimum atomic E-state index is -0.676. The van der Waals surface area contributed by atoms with E-state index in [9.17, 15) is 14.7 Å². The Kier molecular flexibility index (Phi) is 13.0. The van der Waals surface area contributed by atoms with E-state index in [0.717, 1.165) is 0 Å². The maximum Gasteiger partial charge on any atom is 0.246 e. The summed E-state index contributed by atoms with van der Waals surface area (Å²) in [6, 6.07) is 0. The molecule has 0 spiro atoms. The van der Waals surface area contributed by atoms with Crippen LogP contribution in [0, 0.1) is 0 Å². The van der Waals surface area contributed by atoms with Crippen LogP contribution in [0.15, 0.2) is 0 Å². The average Bonchev–Trinajstić information content (AvgIpc) is 2.61. The third-order valence-corrected chi connectivity index (χ3v) is 3.07. The van der Waals surface area contributed by atoms with Crippen LogP contribution in [0.4, 0.5) is 0 Å². The minimum Gasteiger partial charge on any atom is -0.394 e. The van der Waals surface area contributed by atoms with Crippen molar-refractivity contribution in [1.82, 2.24) is 10.6 Å². The lowest BCUT2D eigenvalue weighted by molar-refractivity contribution is -0.134. The van der Waals surface area contributed by atoms with Gasteiger partial charge in [-0.15, -0.1) is 0 Å². The highest BCUT2D eigenvalue weighted by Gasteiger charge is 2.12. The first-order valence-electron chi connectivity index (χ1n) is 8.29. The number of amides is 2. The van der Waals surface area contributed by atoms with Gasteiger partial charge in [-0.1, -0.05) is 0 Å². The fourth-order valence-electron chi connectivity index (χ4n) is 1.80. The molecule has 146 valence electrons. The third kappa shape index (κ3) is 12.7. The Labute approximate surface area is 147 Å². The average molecular weight is 364 g/mol. The van der Waals surface area contributed by atoms with Gasteiger partial charge in [0.05, 0.1) is 52.9 Å². The van der Waals surface area contributed by atoms with Gasteiger partial charge in [0.15, 0.2) is 0 Å². The first kappa shape index (κ1) is 21.7. The Morgan fingerprint density at radius 3 is 1.88 bits per heavy atom. The lowest BCUT2D eigenvalue weighted by Crippen LogP contribution is -2.35. The maximum atomic E-state index is 11.6. The second-order valence-electron chi connectivity index (χ2n) is 5.17. The van der Waals surface area contributed by atoms with E-state index in [2.05, 4.69) is 10.6 Å². The summed E-state index contributed by atoms with van der Waals surface area (Å²) in [5.41, 5.74) is 0. The van der Waals surface area contributed by atoms with Gasteiger partial charge in [0.1, 0.15) is 19.3 Å². The van der Waals surface area contributed by atoms with Crippen LogP contribution >= 0.6 is 0 Å². The third-order valence-electron chi connectivity index (χ3n) is 3.07. The van der Waals surface area contributed by atoms with E-state index in [1.54, 1.807) is 0 Å². The van der Waals surface area contributed by atoms with Crippen LogP contribution in [0.5, 0.6) is 0 Å². The molecule has 25 heavy (non-hydrogen) atoms. The van der Waals surface area contributed by atoms with Crippen LogP contribution in [-0.2, 0) is 33.3 Å². The van der Waals surface area contributed by atoms with Crippen LogP contribution in [0.2, 0.25) is 0 Å². The molecule has 1 unspecified atom stereocenters. The monoisotopic (exact) mass is 364 g/mol. The first-order chi connectivity index (χ1) is 12.2. The van der Waals surface area contributed by atoms with Crippen LogP contribution in [0.1, 0.15) is 0 Å². The fourth-order valence-corrected chi connectivity index (χ4v) is 1.80. The van der Waals surface area contributed by atoms with Gasteiger partial charge < -0.3 is 39.4 Å². The topological polar surface area (TPSA) is 125 Å². The second kappa shape index (κ2) is 15.0. The van der Waals surface area contributed by atoms with Gasteiger partial charge in [-0.25, -0.2) is 0 Å². The zero-order valence-electron chi connectivity index (χ0n) is 14.4. The largest absolute Gasteiger partial charge is 0.394 e. The molecular formula is C15H28N2O8. The Morgan fingerprint density at radius 2 is 1.32 bits per heavy atom. The summed E-state index contributed by atoms with van der Waals surface area (Å²) in [7, 11) is 0. The quantitative estimate of drug-likeness (QED) is 0.474. The van der Waals surface area contributed by atoms with Crippen LogP contribution in [0.3, 0.4) is 0 Å². The lowest BCUT2D eigenvalue weighted by atomic mass is 10.4. The molecule has 1 atom stereocenters. The van der Waals surface area contributed by atoms with Crippen LogP contribution < -0.4 is 10.6 Å². The summed E-state index contributed by atoms with van der Waals surface area (Å²) in [6.07, 6.45) is -0.676. The molecule has 0 radical (unpaired) electrons. The molecule has 1 fully saturated rings. The molecule has 1 heterocycles. The Hall–Kier alpha value is -1.30. The lowest BCUT2D eigenvalue weighted by Gasteiger charge is -2.15. The highest BCUT2D eigenvalue weighted by Crippen LogP contribution is 1.93. The summed E-state index contributed by atoms with van der Waals surface area (Å²) < 4.78 is 26.3. The van der Waals surface area contributed by atoms with Crippen LogP contribution in [-0.4, -0.2) is 102 Å². The number of nitrogens with one attached hydrogen (secondary N) is 2. The molecule has 10 nitrogen and oxygen atoms in total. The second-order valence-corrected chi connectivity index (χ2v) is 5.17. The van der Waals surface area contributed by atoms with Gasteiger partial charge in [0.25, 0.3) is 0 Å². The Bertz CT molecular complexity index is 369. The molecular weight excluding hydrogens is 336 g/mol. The van der Waals surface area contributed by atoms with Crippen molar-refractivity contribution in [2.45, 2.75) is 6.10 Å². The Morgan fingerprint density at radius 1 is 0.800 bits per heavy atom. The molecule has 3 N–H and O–H groups in total. The number of aliphatic hydroxyl groups excluding tert-OH is 1. The molecule has 1 saturated heterocycles. The van der Waals surface area contributed by atoms with Crippen molar-refractivity contribution in [3.8, 4) is 0 Å². The standard InChI is InChI=1S/C15H28N2O8/c18-9-13-10-24-11-14(19)16-1-3-21-5-7-23-8-6-22-4-2-17-15(20)12-25-13/h13,18H,1-12H2,(H,16,19)(H,17,20). The molecule has 1 rings (SSSR count). The highest BCUT2D eigenvalue weighted by atomic mass is 16.5. The summed E-state index contributed by atoms with van der Waals surface area (Å²) >= 11 is 0. The number of hydrogen-bond acceptors (Lipinski definition) is 8. The van der Waals surface area contributed by atoms with E-state index in [1.165, 1.54) is 0 Å². The number of carbonyl (C=O) groups excluding carboxylic acids is 2. The highest BCUT2D eigenvalue weighted by molar-refractivity contribution is 5.77. The molecule has 0 bridgehead atoms. The van der Waals surface area contributed by atoms with Crippen molar-refractivity contribution in [1.29, 1.82) is 0 Å². The summed E-state index contributed by atoms with van der Waals surface area (Å²) in [6.45, 7) is 2.52. The predicted octanol–water partition coefficient (Wildman–Crippen LogP) is -2.32. The van der Waals surface area contributed by atoms with Crippen molar-refractivity contribution in [2.75, 3.05) is 79.2 Å². The summed E-state index contributed by atoms with van der Waals surface area (Å²) in [4.78, 5) is 23.1. The van der Waals surface area contributed by atoms with Crippen molar-refractivity contribution in [3.63, 3.8) is 0 Å². The molecule has 1 aliphatic heterocycles. The fraction of sp³-hybridized carbons (Fsp3) is 0.867. The maximum absolute atomic E-state index is 11.6. The van der Waals surface area contributed by atoms with E-state index in [-0.39, 0.29) is 38.2 Å². The minimum absolute atomic E-state index is 0.00809. The van der Waals surface area contributed by atoms with E-state index in [0.29, 0.717) is 52.7 Å². The number of rotatable bonds is 1. The first-order valence-corrected chi connectivity index (χ1v) is 8.29. The number of aliphatic hydroxyl groups is 1. The Balaban J connectivity index is 2.32. The van der Waals surface area contributed by atoms with E-state index in [1.807, 2.05) is 0 Å². The van der Waals surface area contributed by atoms with Gasteiger partial charge in [-0.05, 0) is 0 Å². The van der Waals surface area contributed by atoms with Crippen molar-refractivity contribution >= 4 is 11.8 Å². The van der Waals surface area contributed by atoms with Gasteiger partial charge in [-0.2, -0.15) is 0 Å². The molecule has 0 aromatic carbocycles. The number of carbonyl (C=O) groups is 2.